The van der Waals surface area contributed by atoms with E-state index in [-0.39, 0.29) is 12.2 Å². The lowest BCUT2D eigenvalue weighted by atomic mass is 10.4. The molecule has 0 atom stereocenters. The largest absolute Gasteiger partial charge is 0.480 e. The SMILES string of the molecule is C=C(C)C(=O)OC(O)=CC(=O)OCCC. The van der Waals surface area contributed by atoms with Crippen LogP contribution in [0.5, 0.6) is 0 Å². The van der Waals surface area contributed by atoms with Crippen molar-refractivity contribution in [2.45, 2.75) is 20.3 Å². The van der Waals surface area contributed by atoms with Gasteiger partial charge in [-0.1, -0.05) is 13.5 Å². The summed E-state index contributed by atoms with van der Waals surface area (Å²) in [5.41, 5.74) is 0.122. The van der Waals surface area contributed by atoms with Gasteiger partial charge in [-0.15, -0.1) is 0 Å². The average Bonchev–Trinajstić information content (AvgIpc) is 2.14. The molecule has 15 heavy (non-hydrogen) atoms. The number of esters is 2. The molecular weight excluding hydrogens is 200 g/mol. The summed E-state index contributed by atoms with van der Waals surface area (Å²) >= 11 is 0. The number of hydrogen-bond acceptors (Lipinski definition) is 5. The van der Waals surface area contributed by atoms with Gasteiger partial charge in [0, 0.05) is 5.57 Å². The van der Waals surface area contributed by atoms with Crippen molar-refractivity contribution in [3.05, 3.63) is 24.2 Å². The lowest BCUT2D eigenvalue weighted by molar-refractivity contribution is -0.140. The molecule has 0 rings (SSSR count). The fraction of sp³-hybridized carbons (Fsp3) is 0.400. The number of aliphatic hydroxyl groups excluding tert-OH is 1. The van der Waals surface area contributed by atoms with Crippen LogP contribution in [0.25, 0.3) is 0 Å². The Morgan fingerprint density at radius 1 is 1.47 bits per heavy atom. The Kier molecular flexibility index (Phi) is 5.85. The monoisotopic (exact) mass is 214 g/mol. The fourth-order valence-electron chi connectivity index (χ4n) is 0.557. The molecule has 0 amide bonds. The standard InChI is InChI=1S/C10H14O5/c1-4-5-14-8(11)6-9(12)15-10(13)7(2)3/h6,12H,2,4-5H2,1,3H3. The van der Waals surface area contributed by atoms with Crippen LogP contribution in [0.1, 0.15) is 20.3 Å². The van der Waals surface area contributed by atoms with Crippen LogP contribution < -0.4 is 0 Å². The minimum absolute atomic E-state index is 0.122. The molecule has 0 aromatic rings. The van der Waals surface area contributed by atoms with Gasteiger partial charge in [0.05, 0.1) is 6.61 Å². The predicted octanol–water partition coefficient (Wildman–Crippen LogP) is 1.46. The molecule has 0 aliphatic heterocycles. The Balaban J connectivity index is 4.13. The molecule has 0 aliphatic carbocycles. The number of carbonyl (C=O) groups is 2. The van der Waals surface area contributed by atoms with E-state index in [4.69, 9.17) is 5.11 Å². The molecule has 0 aliphatic rings. The van der Waals surface area contributed by atoms with Crippen molar-refractivity contribution in [2.24, 2.45) is 0 Å². The Labute approximate surface area is 88.0 Å². The summed E-state index contributed by atoms with van der Waals surface area (Å²) in [6.07, 6.45) is 1.36. The van der Waals surface area contributed by atoms with Gasteiger partial charge >= 0.3 is 11.9 Å². The molecule has 0 unspecified atom stereocenters. The van der Waals surface area contributed by atoms with Crippen molar-refractivity contribution in [3.63, 3.8) is 0 Å². The van der Waals surface area contributed by atoms with Gasteiger partial charge in [0.2, 0.25) is 0 Å². The maximum Gasteiger partial charge on any atom is 0.340 e. The third kappa shape index (κ3) is 6.31. The van der Waals surface area contributed by atoms with E-state index in [0.29, 0.717) is 12.5 Å². The third-order valence-corrected chi connectivity index (χ3v) is 1.24. The molecule has 5 heteroatoms. The van der Waals surface area contributed by atoms with Crippen LogP contribution in [-0.2, 0) is 19.1 Å². The first-order chi connectivity index (χ1) is 6.97. The first-order valence-corrected chi connectivity index (χ1v) is 4.42. The highest BCUT2D eigenvalue weighted by Crippen LogP contribution is 1.99. The lowest BCUT2D eigenvalue weighted by Crippen LogP contribution is -2.08. The molecular formula is C10H14O5. The molecule has 0 fully saturated rings. The van der Waals surface area contributed by atoms with Gasteiger partial charge in [-0.2, -0.15) is 0 Å². The quantitative estimate of drug-likeness (QED) is 0.426. The molecule has 84 valence electrons. The van der Waals surface area contributed by atoms with E-state index in [1.807, 2.05) is 6.92 Å². The number of ether oxygens (including phenoxy) is 2. The van der Waals surface area contributed by atoms with Crippen LogP contribution in [0.3, 0.4) is 0 Å². The lowest BCUT2D eigenvalue weighted by Gasteiger charge is -2.02. The van der Waals surface area contributed by atoms with E-state index >= 15 is 0 Å². The van der Waals surface area contributed by atoms with Crippen LogP contribution in [0.4, 0.5) is 0 Å². The van der Waals surface area contributed by atoms with Crippen LogP contribution in [0.2, 0.25) is 0 Å². The molecule has 0 radical (unpaired) electrons. The molecule has 0 saturated heterocycles. The van der Waals surface area contributed by atoms with Gasteiger partial charge in [-0.3, -0.25) is 0 Å². The van der Waals surface area contributed by atoms with Crippen molar-refractivity contribution in [1.82, 2.24) is 0 Å². The predicted molar refractivity (Wildman–Crippen MR) is 52.9 cm³/mol. The zero-order valence-electron chi connectivity index (χ0n) is 8.78. The molecule has 0 spiro atoms. The van der Waals surface area contributed by atoms with Crippen LogP contribution in [0.15, 0.2) is 24.2 Å². The van der Waals surface area contributed by atoms with Crippen molar-refractivity contribution in [2.75, 3.05) is 6.61 Å². The Morgan fingerprint density at radius 3 is 2.53 bits per heavy atom. The first kappa shape index (κ1) is 13.2. The summed E-state index contributed by atoms with van der Waals surface area (Å²) in [5.74, 6) is -2.36. The number of rotatable bonds is 5. The second kappa shape index (κ2) is 6.64. The van der Waals surface area contributed by atoms with Gasteiger partial charge in [-0.25, -0.2) is 9.59 Å². The van der Waals surface area contributed by atoms with E-state index in [2.05, 4.69) is 16.1 Å². The number of carbonyl (C=O) groups excluding carboxylic acids is 2. The highest BCUT2D eigenvalue weighted by molar-refractivity contribution is 5.88. The second-order valence-electron chi connectivity index (χ2n) is 2.82. The van der Waals surface area contributed by atoms with Gasteiger partial charge in [0.25, 0.3) is 5.95 Å². The normalized spacial score (nSPS) is 10.7. The topological polar surface area (TPSA) is 72.8 Å². The summed E-state index contributed by atoms with van der Waals surface area (Å²) in [6, 6.07) is 0. The summed E-state index contributed by atoms with van der Waals surface area (Å²) < 4.78 is 8.95. The minimum Gasteiger partial charge on any atom is -0.480 e. The van der Waals surface area contributed by atoms with E-state index < -0.39 is 17.9 Å². The number of hydrogen-bond donors (Lipinski definition) is 1. The summed E-state index contributed by atoms with van der Waals surface area (Å²) in [7, 11) is 0. The summed E-state index contributed by atoms with van der Waals surface area (Å²) in [6.45, 7) is 6.81. The number of aliphatic hydroxyl groups is 1. The van der Waals surface area contributed by atoms with Gasteiger partial charge in [0.1, 0.15) is 6.08 Å². The molecule has 5 nitrogen and oxygen atoms in total. The molecule has 0 saturated carbocycles. The van der Waals surface area contributed by atoms with E-state index in [0.717, 1.165) is 0 Å². The smallest absolute Gasteiger partial charge is 0.340 e. The Bertz CT molecular complexity index is 290. The highest BCUT2D eigenvalue weighted by atomic mass is 16.6. The summed E-state index contributed by atoms with van der Waals surface area (Å²) in [5, 5.41) is 9.01. The maximum absolute atomic E-state index is 10.9. The van der Waals surface area contributed by atoms with E-state index in [1.165, 1.54) is 6.92 Å². The third-order valence-electron chi connectivity index (χ3n) is 1.24. The Hall–Kier alpha value is -1.78. The van der Waals surface area contributed by atoms with Crippen molar-refractivity contribution >= 4 is 11.9 Å². The second-order valence-corrected chi connectivity index (χ2v) is 2.82. The minimum atomic E-state index is -0.802. The highest BCUT2D eigenvalue weighted by Gasteiger charge is 2.08. The molecule has 0 aromatic carbocycles. The summed E-state index contributed by atoms with van der Waals surface area (Å²) in [4.78, 5) is 21.8. The zero-order valence-corrected chi connectivity index (χ0v) is 8.78. The molecule has 0 aromatic heterocycles. The fourth-order valence-corrected chi connectivity index (χ4v) is 0.557. The van der Waals surface area contributed by atoms with E-state index in [1.54, 1.807) is 0 Å². The van der Waals surface area contributed by atoms with Crippen molar-refractivity contribution in [3.8, 4) is 0 Å². The maximum atomic E-state index is 10.9. The van der Waals surface area contributed by atoms with Gasteiger partial charge in [0.15, 0.2) is 0 Å². The van der Waals surface area contributed by atoms with Crippen LogP contribution in [0, 0.1) is 0 Å². The van der Waals surface area contributed by atoms with E-state index in [9.17, 15) is 9.59 Å². The average molecular weight is 214 g/mol. The van der Waals surface area contributed by atoms with Crippen LogP contribution in [-0.4, -0.2) is 23.7 Å². The van der Waals surface area contributed by atoms with Gasteiger partial charge in [-0.05, 0) is 13.3 Å². The van der Waals surface area contributed by atoms with Gasteiger partial charge < -0.3 is 14.6 Å². The van der Waals surface area contributed by atoms with Crippen molar-refractivity contribution < 1.29 is 24.2 Å². The molecule has 1 N–H and O–H groups in total. The molecule has 0 bridgehead atoms. The zero-order chi connectivity index (χ0) is 11.8. The molecule has 0 heterocycles. The van der Waals surface area contributed by atoms with Crippen molar-refractivity contribution in [1.29, 1.82) is 0 Å². The van der Waals surface area contributed by atoms with Crippen LogP contribution >= 0.6 is 0 Å². The first-order valence-electron chi connectivity index (χ1n) is 4.42. The Morgan fingerprint density at radius 2 is 2.07 bits per heavy atom.